The van der Waals surface area contributed by atoms with Gasteiger partial charge in [0.2, 0.25) is 5.91 Å². The van der Waals surface area contributed by atoms with Gasteiger partial charge in [-0.3, -0.25) is 4.79 Å². The Hall–Kier alpha value is -0.260. The molecular formula is C9H20N2O2S. The topological polar surface area (TPSA) is 61.4 Å². The molecule has 3 N–H and O–H groups in total. The molecule has 0 aromatic heterocycles. The molecule has 1 amide bonds. The van der Waals surface area contributed by atoms with Gasteiger partial charge in [0, 0.05) is 26.0 Å². The van der Waals surface area contributed by atoms with Crippen LogP contribution in [-0.2, 0) is 4.79 Å². The van der Waals surface area contributed by atoms with Crippen molar-refractivity contribution < 1.29 is 9.90 Å². The fraction of sp³-hybridized carbons (Fsp3) is 0.889. The molecule has 0 saturated heterocycles. The highest BCUT2D eigenvalue weighted by atomic mass is 32.2. The lowest BCUT2D eigenvalue weighted by Gasteiger charge is -2.11. The van der Waals surface area contributed by atoms with Crippen LogP contribution in [0, 0.1) is 0 Å². The monoisotopic (exact) mass is 220 g/mol. The molecule has 0 bridgehead atoms. The van der Waals surface area contributed by atoms with Crippen LogP contribution in [0.25, 0.3) is 0 Å². The van der Waals surface area contributed by atoms with Crippen LogP contribution in [0.5, 0.6) is 0 Å². The van der Waals surface area contributed by atoms with Gasteiger partial charge >= 0.3 is 0 Å². The highest BCUT2D eigenvalue weighted by molar-refractivity contribution is 7.99. The minimum Gasteiger partial charge on any atom is -0.396 e. The van der Waals surface area contributed by atoms with E-state index in [9.17, 15) is 4.79 Å². The number of likely N-dealkylation sites (N-methyl/N-ethyl adjacent to an activating group) is 1. The molecule has 0 saturated carbocycles. The van der Waals surface area contributed by atoms with Crippen molar-refractivity contribution in [1.82, 2.24) is 10.6 Å². The molecule has 14 heavy (non-hydrogen) atoms. The molecule has 0 fully saturated rings. The van der Waals surface area contributed by atoms with E-state index in [0.29, 0.717) is 0 Å². The van der Waals surface area contributed by atoms with E-state index in [0.717, 1.165) is 24.5 Å². The summed E-state index contributed by atoms with van der Waals surface area (Å²) in [7, 11) is 1.64. The second kappa shape index (κ2) is 9.30. The van der Waals surface area contributed by atoms with E-state index in [1.165, 1.54) is 0 Å². The highest BCUT2D eigenvalue weighted by Crippen LogP contribution is 2.00. The number of carbonyl (C=O) groups excluding carboxylic acids is 1. The summed E-state index contributed by atoms with van der Waals surface area (Å²) in [6, 6.07) is -0.126. The van der Waals surface area contributed by atoms with Gasteiger partial charge in [-0.1, -0.05) is 0 Å². The summed E-state index contributed by atoms with van der Waals surface area (Å²) in [5.74, 6) is 1.97. The van der Waals surface area contributed by atoms with E-state index in [-0.39, 0.29) is 18.6 Å². The summed E-state index contributed by atoms with van der Waals surface area (Å²) in [4.78, 5) is 11.1. The number of carbonyl (C=O) groups is 1. The maximum atomic E-state index is 11.1. The molecule has 4 nitrogen and oxygen atoms in total. The lowest BCUT2D eigenvalue weighted by molar-refractivity contribution is -0.122. The third-order valence-corrected chi connectivity index (χ3v) is 2.85. The fourth-order valence-corrected chi connectivity index (χ4v) is 1.73. The number of hydrogen-bond acceptors (Lipinski definition) is 4. The van der Waals surface area contributed by atoms with Gasteiger partial charge in [-0.15, -0.1) is 0 Å². The SMILES string of the molecule is CNC(=O)C(C)NCCSCCCO. The van der Waals surface area contributed by atoms with Gasteiger partial charge in [0.25, 0.3) is 0 Å². The maximum Gasteiger partial charge on any atom is 0.236 e. The van der Waals surface area contributed by atoms with Crippen LogP contribution in [0.4, 0.5) is 0 Å². The van der Waals surface area contributed by atoms with Crippen molar-refractivity contribution in [2.45, 2.75) is 19.4 Å². The lowest BCUT2D eigenvalue weighted by atomic mass is 10.3. The Morgan fingerprint density at radius 2 is 2.21 bits per heavy atom. The number of amides is 1. The van der Waals surface area contributed by atoms with Gasteiger partial charge in [0.1, 0.15) is 0 Å². The van der Waals surface area contributed by atoms with Crippen molar-refractivity contribution in [3.05, 3.63) is 0 Å². The minimum absolute atomic E-state index is 0.0189. The van der Waals surface area contributed by atoms with Gasteiger partial charge in [-0.2, -0.15) is 11.8 Å². The van der Waals surface area contributed by atoms with Gasteiger partial charge in [0.05, 0.1) is 6.04 Å². The summed E-state index contributed by atoms with van der Waals surface area (Å²) in [6.45, 7) is 2.93. The van der Waals surface area contributed by atoms with Crippen molar-refractivity contribution in [2.75, 3.05) is 31.7 Å². The third kappa shape index (κ3) is 7.17. The van der Waals surface area contributed by atoms with Crippen LogP contribution < -0.4 is 10.6 Å². The zero-order valence-electron chi connectivity index (χ0n) is 8.88. The van der Waals surface area contributed by atoms with Crippen LogP contribution >= 0.6 is 11.8 Å². The molecule has 0 spiro atoms. The Kier molecular flexibility index (Phi) is 9.13. The molecule has 0 aliphatic carbocycles. The zero-order chi connectivity index (χ0) is 10.8. The second-order valence-corrected chi connectivity index (χ2v) is 4.20. The fourth-order valence-electron chi connectivity index (χ4n) is 0.925. The Morgan fingerprint density at radius 1 is 1.50 bits per heavy atom. The van der Waals surface area contributed by atoms with Gasteiger partial charge in [0.15, 0.2) is 0 Å². The number of nitrogens with one attached hydrogen (secondary N) is 2. The van der Waals surface area contributed by atoms with Crippen molar-refractivity contribution in [3.63, 3.8) is 0 Å². The van der Waals surface area contributed by atoms with Gasteiger partial charge in [-0.05, 0) is 19.1 Å². The van der Waals surface area contributed by atoms with Crippen LogP contribution in [-0.4, -0.2) is 48.8 Å². The first-order valence-electron chi connectivity index (χ1n) is 4.86. The first kappa shape index (κ1) is 13.7. The Balaban J connectivity index is 3.23. The molecule has 0 aliphatic rings. The molecule has 1 atom stereocenters. The maximum absolute atomic E-state index is 11.1. The Bertz CT molecular complexity index is 156. The van der Waals surface area contributed by atoms with E-state index >= 15 is 0 Å². The predicted octanol–water partition coefficient (Wildman–Crippen LogP) is -0.174. The summed E-state index contributed by atoms with van der Waals surface area (Å²) in [6.07, 6.45) is 0.843. The minimum atomic E-state index is -0.126. The Labute approximate surface area is 89.8 Å². The molecule has 5 heteroatoms. The molecule has 0 aromatic rings. The molecule has 0 aliphatic heterocycles. The average Bonchev–Trinajstić information content (AvgIpc) is 2.21. The van der Waals surface area contributed by atoms with Crippen LogP contribution in [0.1, 0.15) is 13.3 Å². The smallest absolute Gasteiger partial charge is 0.236 e. The number of aliphatic hydroxyl groups excluding tert-OH is 1. The highest BCUT2D eigenvalue weighted by Gasteiger charge is 2.08. The zero-order valence-corrected chi connectivity index (χ0v) is 9.69. The normalized spacial score (nSPS) is 12.5. The van der Waals surface area contributed by atoms with Crippen molar-refractivity contribution in [1.29, 1.82) is 0 Å². The lowest BCUT2D eigenvalue weighted by Crippen LogP contribution is -2.41. The Morgan fingerprint density at radius 3 is 2.79 bits per heavy atom. The van der Waals surface area contributed by atoms with Crippen LogP contribution in [0.15, 0.2) is 0 Å². The molecule has 0 aromatic carbocycles. The standard InChI is InChI=1S/C9H20N2O2S/c1-8(9(13)10-2)11-4-7-14-6-3-5-12/h8,11-12H,3-7H2,1-2H3,(H,10,13). The van der Waals surface area contributed by atoms with Crippen molar-refractivity contribution in [3.8, 4) is 0 Å². The molecular weight excluding hydrogens is 200 g/mol. The second-order valence-electron chi connectivity index (χ2n) is 2.98. The largest absolute Gasteiger partial charge is 0.396 e. The van der Waals surface area contributed by atoms with Crippen molar-refractivity contribution in [2.24, 2.45) is 0 Å². The number of rotatable bonds is 8. The first-order valence-corrected chi connectivity index (χ1v) is 6.01. The molecule has 0 heterocycles. The number of aliphatic hydroxyl groups is 1. The molecule has 0 rings (SSSR count). The summed E-state index contributed by atoms with van der Waals surface area (Å²) in [5, 5.41) is 14.2. The van der Waals surface area contributed by atoms with Gasteiger partial charge in [-0.25, -0.2) is 0 Å². The van der Waals surface area contributed by atoms with Crippen LogP contribution in [0.2, 0.25) is 0 Å². The number of thioether (sulfide) groups is 1. The van der Waals surface area contributed by atoms with Crippen molar-refractivity contribution >= 4 is 17.7 Å². The van der Waals surface area contributed by atoms with E-state index in [1.54, 1.807) is 18.8 Å². The number of hydrogen-bond donors (Lipinski definition) is 3. The predicted molar refractivity (Wildman–Crippen MR) is 60.6 cm³/mol. The first-order chi connectivity index (χ1) is 6.72. The third-order valence-electron chi connectivity index (χ3n) is 1.78. The quantitative estimate of drug-likeness (QED) is 0.497. The average molecular weight is 220 g/mol. The molecule has 84 valence electrons. The summed E-state index contributed by atoms with van der Waals surface area (Å²) < 4.78 is 0. The molecule has 1 unspecified atom stereocenters. The van der Waals surface area contributed by atoms with Crippen LogP contribution in [0.3, 0.4) is 0 Å². The van der Waals surface area contributed by atoms with E-state index in [1.807, 2.05) is 6.92 Å². The summed E-state index contributed by atoms with van der Waals surface area (Å²) >= 11 is 1.78. The van der Waals surface area contributed by atoms with Gasteiger partial charge < -0.3 is 15.7 Å². The summed E-state index contributed by atoms with van der Waals surface area (Å²) in [5.41, 5.74) is 0. The van der Waals surface area contributed by atoms with E-state index in [4.69, 9.17) is 5.11 Å². The van der Waals surface area contributed by atoms with E-state index < -0.39 is 0 Å². The van der Waals surface area contributed by atoms with E-state index in [2.05, 4.69) is 10.6 Å². The molecule has 0 radical (unpaired) electrons.